The zero-order valence-corrected chi connectivity index (χ0v) is 21.8. The quantitative estimate of drug-likeness (QED) is 0.471. The molecule has 8 heteroatoms. The van der Waals surface area contributed by atoms with Gasteiger partial charge in [0.25, 0.3) is 0 Å². The Morgan fingerprint density at radius 3 is 2.38 bits per heavy atom. The summed E-state index contributed by atoms with van der Waals surface area (Å²) in [5.74, 6) is -1.61. The molecular formula is C29H32N2O6. The number of hydrogen-bond acceptors (Lipinski definition) is 5. The standard InChI is InChI=1S/C29H32N2O6/c1-18-25(26(32)33)24(16-30(18)5)22-13-20-11-12-31(28(35)36-17-19-9-7-6-8-10-19)15-21(20)14-23(22)27(34)37-29(2,3)4/h6-10,13-14,16H,11-12,15,17H2,1-5H3,(H,32,33). The number of fused-ring (bicyclic) bond motifs is 1. The Kier molecular flexibility index (Phi) is 7.12. The van der Waals surface area contributed by atoms with Gasteiger partial charge in [-0.25, -0.2) is 14.4 Å². The van der Waals surface area contributed by atoms with Crippen molar-refractivity contribution in [1.82, 2.24) is 9.47 Å². The van der Waals surface area contributed by atoms with Crippen LogP contribution < -0.4 is 0 Å². The van der Waals surface area contributed by atoms with Crippen molar-refractivity contribution in [3.63, 3.8) is 0 Å². The molecule has 37 heavy (non-hydrogen) atoms. The average molecular weight is 505 g/mol. The van der Waals surface area contributed by atoms with E-state index >= 15 is 0 Å². The lowest BCUT2D eigenvalue weighted by Gasteiger charge is -2.29. The summed E-state index contributed by atoms with van der Waals surface area (Å²) in [5, 5.41) is 9.92. The summed E-state index contributed by atoms with van der Waals surface area (Å²) < 4.78 is 12.9. The molecule has 0 aliphatic carbocycles. The van der Waals surface area contributed by atoms with Crippen LogP contribution in [0.4, 0.5) is 4.79 Å². The Hall–Kier alpha value is -4.07. The second-order valence-electron chi connectivity index (χ2n) is 10.3. The molecule has 0 atom stereocenters. The predicted molar refractivity (Wildman–Crippen MR) is 138 cm³/mol. The third-order valence-corrected chi connectivity index (χ3v) is 6.42. The molecule has 1 N–H and O–H groups in total. The minimum Gasteiger partial charge on any atom is -0.478 e. The first-order valence-electron chi connectivity index (χ1n) is 12.2. The van der Waals surface area contributed by atoms with E-state index in [9.17, 15) is 19.5 Å². The number of hydrogen-bond donors (Lipinski definition) is 1. The van der Waals surface area contributed by atoms with Gasteiger partial charge in [0, 0.05) is 37.6 Å². The van der Waals surface area contributed by atoms with Gasteiger partial charge in [0.05, 0.1) is 11.1 Å². The van der Waals surface area contributed by atoms with Crippen molar-refractivity contribution in [1.29, 1.82) is 0 Å². The van der Waals surface area contributed by atoms with Crippen LogP contribution >= 0.6 is 0 Å². The number of aromatic carboxylic acids is 1. The van der Waals surface area contributed by atoms with Gasteiger partial charge in [0.2, 0.25) is 0 Å². The average Bonchev–Trinajstić information content (AvgIpc) is 3.15. The molecule has 0 radical (unpaired) electrons. The lowest BCUT2D eigenvalue weighted by molar-refractivity contribution is 0.00699. The first kappa shape index (κ1) is 26.0. The van der Waals surface area contributed by atoms with Crippen molar-refractivity contribution in [3.05, 3.63) is 82.2 Å². The van der Waals surface area contributed by atoms with Gasteiger partial charge in [-0.2, -0.15) is 0 Å². The van der Waals surface area contributed by atoms with Gasteiger partial charge in [-0.05, 0) is 68.5 Å². The fourth-order valence-electron chi connectivity index (χ4n) is 4.50. The van der Waals surface area contributed by atoms with Gasteiger partial charge >= 0.3 is 18.0 Å². The zero-order chi connectivity index (χ0) is 26.9. The number of carboxylic acids is 1. The summed E-state index contributed by atoms with van der Waals surface area (Å²) >= 11 is 0. The summed E-state index contributed by atoms with van der Waals surface area (Å²) in [6, 6.07) is 13.1. The number of carbonyl (C=O) groups is 3. The second-order valence-corrected chi connectivity index (χ2v) is 10.3. The third kappa shape index (κ3) is 5.69. The highest BCUT2D eigenvalue weighted by Gasteiger charge is 2.29. The topological polar surface area (TPSA) is 98.1 Å². The van der Waals surface area contributed by atoms with Crippen LogP contribution in [-0.2, 0) is 36.1 Å². The van der Waals surface area contributed by atoms with Crippen molar-refractivity contribution >= 4 is 18.0 Å². The van der Waals surface area contributed by atoms with E-state index in [0.29, 0.717) is 29.8 Å². The molecule has 8 nitrogen and oxygen atoms in total. The Labute approximate surface area is 216 Å². The van der Waals surface area contributed by atoms with Gasteiger partial charge in [0.15, 0.2) is 0 Å². The van der Waals surface area contributed by atoms with E-state index in [1.807, 2.05) is 36.4 Å². The smallest absolute Gasteiger partial charge is 0.410 e. The molecule has 0 fully saturated rings. The number of nitrogens with zero attached hydrogens (tertiary/aromatic N) is 2. The molecule has 3 aromatic rings. The van der Waals surface area contributed by atoms with Crippen LogP contribution in [0.15, 0.2) is 48.7 Å². The van der Waals surface area contributed by atoms with Crippen molar-refractivity contribution in [2.45, 2.75) is 52.9 Å². The van der Waals surface area contributed by atoms with Crippen LogP contribution in [0.1, 0.15) is 63.9 Å². The Bertz CT molecular complexity index is 1350. The van der Waals surface area contributed by atoms with Gasteiger partial charge in [-0.15, -0.1) is 0 Å². The van der Waals surface area contributed by atoms with Crippen LogP contribution in [-0.4, -0.2) is 44.8 Å². The van der Waals surface area contributed by atoms with E-state index in [1.54, 1.807) is 56.5 Å². The molecule has 2 heterocycles. The number of carbonyl (C=O) groups excluding carboxylic acids is 2. The monoisotopic (exact) mass is 504 g/mol. The normalized spacial score (nSPS) is 13.2. The molecule has 1 aromatic heterocycles. The summed E-state index contributed by atoms with van der Waals surface area (Å²) in [6.07, 6.45) is 1.85. The molecule has 1 aliphatic heterocycles. The second kappa shape index (κ2) is 10.1. The van der Waals surface area contributed by atoms with E-state index in [4.69, 9.17) is 9.47 Å². The molecule has 0 spiro atoms. The summed E-state index contributed by atoms with van der Waals surface area (Å²) in [7, 11) is 1.77. The van der Waals surface area contributed by atoms with Crippen LogP contribution in [0.5, 0.6) is 0 Å². The molecule has 1 aliphatic rings. The highest BCUT2D eigenvalue weighted by atomic mass is 16.6. The summed E-state index contributed by atoms with van der Waals surface area (Å²) in [6.45, 7) is 7.98. The van der Waals surface area contributed by atoms with E-state index in [0.717, 1.165) is 16.7 Å². The molecule has 0 bridgehead atoms. The lowest BCUT2D eigenvalue weighted by Crippen LogP contribution is -2.36. The minimum absolute atomic E-state index is 0.147. The van der Waals surface area contributed by atoms with Crippen molar-refractivity contribution < 1.29 is 29.0 Å². The summed E-state index contributed by atoms with van der Waals surface area (Å²) in [5.41, 5.74) is 3.88. The maximum absolute atomic E-state index is 13.3. The first-order valence-corrected chi connectivity index (χ1v) is 12.2. The number of ether oxygens (including phenoxy) is 2. The Balaban J connectivity index is 1.69. The minimum atomic E-state index is -1.06. The largest absolute Gasteiger partial charge is 0.478 e. The number of carboxylic acid groups (broad SMARTS) is 1. The van der Waals surface area contributed by atoms with E-state index in [2.05, 4.69) is 0 Å². The van der Waals surface area contributed by atoms with E-state index in [1.165, 1.54) is 0 Å². The molecule has 2 aromatic carbocycles. The number of aryl methyl sites for hydroxylation is 1. The van der Waals surface area contributed by atoms with Gasteiger partial charge in [-0.3, -0.25) is 0 Å². The molecule has 0 saturated heterocycles. The Morgan fingerprint density at radius 2 is 1.73 bits per heavy atom. The SMILES string of the molecule is Cc1c(C(=O)O)c(-c2cc3c(cc2C(=O)OC(C)(C)C)CN(C(=O)OCc2ccccc2)CC3)cn1C. The number of benzene rings is 2. The zero-order valence-electron chi connectivity index (χ0n) is 21.8. The number of amides is 1. The lowest BCUT2D eigenvalue weighted by atomic mass is 9.89. The molecular weight excluding hydrogens is 472 g/mol. The van der Waals surface area contributed by atoms with Gasteiger partial charge in [0.1, 0.15) is 12.2 Å². The van der Waals surface area contributed by atoms with Crippen LogP contribution in [0.25, 0.3) is 11.1 Å². The molecule has 0 saturated carbocycles. The molecule has 1 amide bonds. The number of esters is 1. The van der Waals surface area contributed by atoms with Crippen molar-refractivity contribution in [3.8, 4) is 11.1 Å². The van der Waals surface area contributed by atoms with Gasteiger partial charge in [-0.1, -0.05) is 30.3 Å². The molecule has 194 valence electrons. The van der Waals surface area contributed by atoms with Gasteiger partial charge < -0.3 is 24.0 Å². The van der Waals surface area contributed by atoms with E-state index in [-0.39, 0.29) is 24.3 Å². The summed E-state index contributed by atoms with van der Waals surface area (Å²) in [4.78, 5) is 39.8. The highest BCUT2D eigenvalue weighted by molar-refractivity contribution is 6.04. The van der Waals surface area contributed by atoms with Crippen LogP contribution in [0.2, 0.25) is 0 Å². The van der Waals surface area contributed by atoms with Crippen LogP contribution in [0, 0.1) is 6.92 Å². The first-order chi connectivity index (χ1) is 17.4. The van der Waals surface area contributed by atoms with Crippen molar-refractivity contribution in [2.75, 3.05) is 6.54 Å². The maximum atomic E-state index is 13.3. The number of aromatic nitrogens is 1. The fraction of sp³-hybridized carbons (Fsp3) is 0.345. The van der Waals surface area contributed by atoms with E-state index < -0.39 is 23.6 Å². The fourth-order valence-corrected chi connectivity index (χ4v) is 4.50. The third-order valence-electron chi connectivity index (χ3n) is 6.42. The highest BCUT2D eigenvalue weighted by Crippen LogP contribution is 2.35. The maximum Gasteiger partial charge on any atom is 0.410 e. The van der Waals surface area contributed by atoms with Crippen molar-refractivity contribution in [2.24, 2.45) is 7.05 Å². The van der Waals surface area contributed by atoms with Crippen LogP contribution in [0.3, 0.4) is 0 Å². The Morgan fingerprint density at radius 1 is 1.03 bits per heavy atom. The predicted octanol–water partition coefficient (Wildman–Crippen LogP) is 5.35. The molecule has 4 rings (SSSR count). The molecule has 0 unspecified atom stereocenters. The number of rotatable bonds is 5.